The zero-order valence-electron chi connectivity index (χ0n) is 9.94. The summed E-state index contributed by atoms with van der Waals surface area (Å²) in [5, 5.41) is 2.46. The molecular weight excluding hydrogens is 320 g/mol. The number of rotatable bonds is 5. The molecule has 0 aromatic heterocycles. The Morgan fingerprint density at radius 2 is 2.06 bits per heavy atom. The third-order valence-corrected chi connectivity index (χ3v) is 4.02. The molecule has 0 fully saturated rings. The van der Waals surface area contributed by atoms with Gasteiger partial charge in [0.05, 0.1) is 5.75 Å². The summed E-state index contributed by atoms with van der Waals surface area (Å²) in [6, 6.07) is 4.94. The van der Waals surface area contributed by atoms with Crippen LogP contribution in [0.1, 0.15) is 12.5 Å². The fourth-order valence-electron chi connectivity index (χ4n) is 1.51. The van der Waals surface area contributed by atoms with Gasteiger partial charge in [0.15, 0.2) is 9.84 Å². The summed E-state index contributed by atoms with van der Waals surface area (Å²) >= 11 is 3.24. The van der Waals surface area contributed by atoms with Crippen LogP contribution in [0.5, 0.6) is 0 Å². The highest BCUT2D eigenvalue weighted by atomic mass is 79.9. The van der Waals surface area contributed by atoms with Crippen molar-refractivity contribution >= 4 is 37.4 Å². The number of nitrogens with one attached hydrogen (secondary N) is 1. The van der Waals surface area contributed by atoms with E-state index in [1.54, 1.807) is 25.1 Å². The second-order valence-corrected chi connectivity index (χ2v) is 6.86. The highest BCUT2D eigenvalue weighted by molar-refractivity contribution is 9.10. The Labute approximate surface area is 115 Å². The maximum atomic E-state index is 11.8. The van der Waals surface area contributed by atoms with Gasteiger partial charge in [-0.1, -0.05) is 15.9 Å². The molecule has 0 unspecified atom stereocenters. The number of nitrogen functional groups attached to an aromatic ring is 1. The molecule has 5 nitrogen and oxygen atoms in total. The van der Waals surface area contributed by atoms with Crippen LogP contribution in [0.2, 0.25) is 0 Å². The molecule has 0 radical (unpaired) electrons. The largest absolute Gasteiger partial charge is 0.399 e. The number of anilines is 1. The van der Waals surface area contributed by atoms with E-state index in [2.05, 4.69) is 21.2 Å². The molecular formula is C11H15BrN2O3S. The average Bonchev–Trinajstić information content (AvgIpc) is 2.13. The number of hydrogen-bond donors (Lipinski definition) is 2. The maximum absolute atomic E-state index is 11.8. The van der Waals surface area contributed by atoms with Gasteiger partial charge in [-0.05, 0) is 30.7 Å². The van der Waals surface area contributed by atoms with Gasteiger partial charge < -0.3 is 11.1 Å². The monoisotopic (exact) mass is 334 g/mol. The number of halogens is 1. The lowest BCUT2D eigenvalue weighted by molar-refractivity contribution is -0.118. The molecule has 1 aromatic rings. The van der Waals surface area contributed by atoms with Crippen molar-refractivity contribution in [1.82, 2.24) is 5.32 Å². The first-order valence-electron chi connectivity index (χ1n) is 5.34. The Bertz CT molecular complexity index is 523. The number of benzene rings is 1. The highest BCUT2D eigenvalue weighted by Gasteiger charge is 2.17. The van der Waals surface area contributed by atoms with Crippen LogP contribution in [-0.4, -0.2) is 26.6 Å². The van der Waals surface area contributed by atoms with Crippen LogP contribution in [0.4, 0.5) is 5.69 Å². The molecule has 1 rings (SSSR count). The fourth-order valence-corrected chi connectivity index (χ4v) is 3.35. The molecule has 0 bridgehead atoms. The van der Waals surface area contributed by atoms with Crippen molar-refractivity contribution in [3.05, 3.63) is 28.2 Å². The van der Waals surface area contributed by atoms with Crippen LogP contribution in [0.3, 0.4) is 0 Å². The predicted octanol–water partition coefficient (Wildman–Crippen LogP) is 1.08. The minimum Gasteiger partial charge on any atom is -0.399 e. The van der Waals surface area contributed by atoms with Crippen molar-refractivity contribution in [2.75, 3.05) is 18.0 Å². The zero-order chi connectivity index (χ0) is 13.8. The van der Waals surface area contributed by atoms with Crippen LogP contribution < -0.4 is 11.1 Å². The van der Waals surface area contributed by atoms with Crippen molar-refractivity contribution in [2.45, 2.75) is 12.7 Å². The van der Waals surface area contributed by atoms with Crippen LogP contribution in [0.15, 0.2) is 22.7 Å². The van der Waals surface area contributed by atoms with Crippen LogP contribution in [0, 0.1) is 0 Å². The standard InChI is InChI=1S/C11H15BrN2O3S/c1-2-14-11(15)7-18(16,17)6-8-3-9(12)5-10(13)4-8/h3-5H,2,6-7,13H2,1H3,(H,14,15). The number of sulfone groups is 1. The normalized spacial score (nSPS) is 11.2. The summed E-state index contributed by atoms with van der Waals surface area (Å²) in [4.78, 5) is 11.3. The van der Waals surface area contributed by atoms with E-state index in [1.807, 2.05) is 0 Å². The summed E-state index contributed by atoms with van der Waals surface area (Å²) in [6.07, 6.45) is 0. The van der Waals surface area contributed by atoms with Gasteiger partial charge in [0.1, 0.15) is 5.75 Å². The lowest BCUT2D eigenvalue weighted by atomic mass is 10.2. The van der Waals surface area contributed by atoms with E-state index < -0.39 is 21.5 Å². The van der Waals surface area contributed by atoms with Crippen molar-refractivity contribution in [1.29, 1.82) is 0 Å². The van der Waals surface area contributed by atoms with E-state index in [4.69, 9.17) is 5.73 Å². The molecule has 1 amide bonds. The van der Waals surface area contributed by atoms with Gasteiger partial charge in [-0.25, -0.2) is 8.42 Å². The van der Waals surface area contributed by atoms with Crippen molar-refractivity contribution in [2.24, 2.45) is 0 Å². The number of carbonyl (C=O) groups is 1. The Hall–Kier alpha value is -1.08. The number of amides is 1. The molecule has 0 aliphatic heterocycles. The van der Waals surface area contributed by atoms with E-state index >= 15 is 0 Å². The predicted molar refractivity (Wildman–Crippen MR) is 74.7 cm³/mol. The van der Waals surface area contributed by atoms with Crippen LogP contribution >= 0.6 is 15.9 Å². The number of carbonyl (C=O) groups excluding carboxylic acids is 1. The summed E-state index contributed by atoms with van der Waals surface area (Å²) in [5.41, 5.74) is 6.66. The Morgan fingerprint density at radius 1 is 1.39 bits per heavy atom. The molecule has 0 aliphatic rings. The maximum Gasteiger partial charge on any atom is 0.235 e. The van der Waals surface area contributed by atoms with Gasteiger partial charge in [0, 0.05) is 16.7 Å². The highest BCUT2D eigenvalue weighted by Crippen LogP contribution is 2.19. The second kappa shape index (κ2) is 6.19. The number of nitrogens with two attached hydrogens (primary N) is 1. The summed E-state index contributed by atoms with van der Waals surface area (Å²) in [6.45, 7) is 2.15. The molecule has 18 heavy (non-hydrogen) atoms. The summed E-state index contributed by atoms with van der Waals surface area (Å²) in [7, 11) is -3.48. The molecule has 1 aromatic carbocycles. The molecule has 0 atom stereocenters. The molecule has 100 valence electrons. The third kappa shape index (κ3) is 5.05. The van der Waals surface area contributed by atoms with E-state index in [1.165, 1.54) is 0 Å². The average molecular weight is 335 g/mol. The Balaban J connectivity index is 2.79. The third-order valence-electron chi connectivity index (χ3n) is 2.09. The summed E-state index contributed by atoms with van der Waals surface area (Å²) in [5.74, 6) is -1.19. The van der Waals surface area contributed by atoms with Gasteiger partial charge in [0.2, 0.25) is 5.91 Å². The quantitative estimate of drug-likeness (QED) is 0.788. The van der Waals surface area contributed by atoms with Crippen molar-refractivity contribution in [3.8, 4) is 0 Å². The molecule has 0 heterocycles. The Kier molecular flexibility index (Phi) is 5.15. The molecule has 7 heteroatoms. The fraction of sp³-hybridized carbons (Fsp3) is 0.364. The number of hydrogen-bond acceptors (Lipinski definition) is 4. The minimum atomic E-state index is -3.48. The van der Waals surface area contributed by atoms with E-state index in [0.717, 1.165) is 0 Å². The zero-order valence-corrected chi connectivity index (χ0v) is 12.3. The van der Waals surface area contributed by atoms with Gasteiger partial charge in [0.25, 0.3) is 0 Å². The lowest BCUT2D eigenvalue weighted by Gasteiger charge is -2.06. The molecule has 3 N–H and O–H groups in total. The van der Waals surface area contributed by atoms with Crippen molar-refractivity contribution < 1.29 is 13.2 Å². The first-order chi connectivity index (χ1) is 8.32. The van der Waals surface area contributed by atoms with Crippen LogP contribution in [0.25, 0.3) is 0 Å². The van der Waals surface area contributed by atoms with Gasteiger partial charge in [-0.15, -0.1) is 0 Å². The topological polar surface area (TPSA) is 89.3 Å². The van der Waals surface area contributed by atoms with Gasteiger partial charge >= 0.3 is 0 Å². The molecule has 0 aliphatic carbocycles. The van der Waals surface area contributed by atoms with Gasteiger partial charge in [-0.2, -0.15) is 0 Å². The first kappa shape index (κ1) is 15.0. The second-order valence-electron chi connectivity index (χ2n) is 3.88. The first-order valence-corrected chi connectivity index (χ1v) is 7.96. The Morgan fingerprint density at radius 3 is 2.61 bits per heavy atom. The van der Waals surface area contributed by atoms with Crippen LogP contribution in [-0.2, 0) is 20.4 Å². The van der Waals surface area contributed by atoms with E-state index in [9.17, 15) is 13.2 Å². The molecule has 0 saturated carbocycles. The minimum absolute atomic E-state index is 0.201. The van der Waals surface area contributed by atoms with Crippen molar-refractivity contribution in [3.63, 3.8) is 0 Å². The lowest BCUT2D eigenvalue weighted by Crippen LogP contribution is -2.30. The molecule has 0 saturated heterocycles. The van der Waals surface area contributed by atoms with Gasteiger partial charge in [-0.3, -0.25) is 4.79 Å². The molecule has 0 spiro atoms. The van der Waals surface area contributed by atoms with E-state index in [0.29, 0.717) is 22.3 Å². The smallest absolute Gasteiger partial charge is 0.235 e. The SMILES string of the molecule is CCNC(=O)CS(=O)(=O)Cc1cc(N)cc(Br)c1. The van der Waals surface area contributed by atoms with E-state index in [-0.39, 0.29) is 5.75 Å². The summed E-state index contributed by atoms with van der Waals surface area (Å²) < 4.78 is 24.3.